The minimum absolute atomic E-state index is 0.0652. The molecule has 2 heterocycles. The van der Waals surface area contributed by atoms with Gasteiger partial charge in [0.1, 0.15) is 0 Å². The van der Waals surface area contributed by atoms with Crippen LogP contribution < -0.4 is 0 Å². The van der Waals surface area contributed by atoms with Crippen LogP contribution in [0.3, 0.4) is 0 Å². The summed E-state index contributed by atoms with van der Waals surface area (Å²) in [5.41, 5.74) is 2.34. The molecule has 1 aromatic heterocycles. The lowest BCUT2D eigenvalue weighted by Crippen LogP contribution is -2.29. The summed E-state index contributed by atoms with van der Waals surface area (Å²) in [4.78, 5) is 18.9. The highest BCUT2D eigenvalue weighted by molar-refractivity contribution is 5.74. The number of nitrogens with zero attached hydrogens (tertiary/aromatic N) is 2. The van der Waals surface area contributed by atoms with Crippen LogP contribution in [-0.2, 0) is 16.1 Å². The Balaban J connectivity index is 1.85. The lowest BCUT2D eigenvalue weighted by atomic mass is 9.93. The zero-order chi connectivity index (χ0) is 16.1. The van der Waals surface area contributed by atoms with Crippen LogP contribution >= 0.6 is 0 Å². The molecule has 2 atom stereocenters. The highest BCUT2D eigenvalue weighted by Crippen LogP contribution is 2.38. The molecule has 1 aliphatic rings. The summed E-state index contributed by atoms with van der Waals surface area (Å²) in [5.74, 6) is -0.191. The molecule has 1 aliphatic heterocycles. The van der Waals surface area contributed by atoms with Gasteiger partial charge in [-0.05, 0) is 30.5 Å². The third-order valence-corrected chi connectivity index (χ3v) is 4.34. The van der Waals surface area contributed by atoms with Crippen LogP contribution in [0, 0.1) is 5.92 Å². The second-order valence-corrected chi connectivity index (χ2v) is 5.83. The molecule has 0 amide bonds. The molecule has 1 aromatic carbocycles. The molecule has 1 saturated heterocycles. The molecule has 3 rings (SSSR count). The van der Waals surface area contributed by atoms with Gasteiger partial charge in [-0.2, -0.15) is 0 Å². The Kier molecular flexibility index (Phi) is 5.03. The zero-order valence-corrected chi connectivity index (χ0v) is 13.4. The minimum Gasteiger partial charge on any atom is -0.466 e. The first kappa shape index (κ1) is 15.7. The third kappa shape index (κ3) is 3.59. The summed E-state index contributed by atoms with van der Waals surface area (Å²) in [5, 5.41) is 0. The van der Waals surface area contributed by atoms with E-state index < -0.39 is 0 Å². The first-order chi connectivity index (χ1) is 11.3. The van der Waals surface area contributed by atoms with Crippen molar-refractivity contribution in [3.05, 3.63) is 66.0 Å². The van der Waals surface area contributed by atoms with Gasteiger partial charge in [-0.25, -0.2) is 0 Å². The van der Waals surface area contributed by atoms with Crippen LogP contribution in [0.15, 0.2) is 54.9 Å². The van der Waals surface area contributed by atoms with Crippen molar-refractivity contribution in [2.75, 3.05) is 13.2 Å². The average molecular weight is 310 g/mol. The van der Waals surface area contributed by atoms with E-state index in [1.807, 2.05) is 37.4 Å². The summed E-state index contributed by atoms with van der Waals surface area (Å²) < 4.78 is 5.30. The molecule has 2 unspecified atom stereocenters. The number of hydrogen-bond donors (Lipinski definition) is 0. The van der Waals surface area contributed by atoms with E-state index >= 15 is 0 Å². The number of carbonyl (C=O) groups is 1. The molecule has 120 valence electrons. The number of carbonyl (C=O) groups excluding carboxylic acids is 1. The molecular weight excluding hydrogens is 288 g/mol. The highest BCUT2D eigenvalue weighted by Gasteiger charge is 2.40. The van der Waals surface area contributed by atoms with Crippen molar-refractivity contribution < 1.29 is 9.53 Å². The number of benzene rings is 1. The Labute approximate surface area is 137 Å². The lowest BCUT2D eigenvalue weighted by molar-refractivity contribution is -0.149. The largest absolute Gasteiger partial charge is 0.466 e. The van der Waals surface area contributed by atoms with Gasteiger partial charge in [0.2, 0.25) is 0 Å². The maximum absolute atomic E-state index is 12.4. The van der Waals surface area contributed by atoms with Gasteiger partial charge < -0.3 is 4.74 Å². The predicted molar refractivity (Wildman–Crippen MR) is 88.6 cm³/mol. The molecular formula is C19H22N2O2. The van der Waals surface area contributed by atoms with Gasteiger partial charge in [0, 0.05) is 31.5 Å². The van der Waals surface area contributed by atoms with Crippen LogP contribution in [-0.4, -0.2) is 29.0 Å². The van der Waals surface area contributed by atoms with Gasteiger partial charge in [0.15, 0.2) is 0 Å². The highest BCUT2D eigenvalue weighted by atomic mass is 16.5. The van der Waals surface area contributed by atoms with Gasteiger partial charge in [-0.1, -0.05) is 36.4 Å². The molecule has 23 heavy (non-hydrogen) atoms. The number of esters is 1. The van der Waals surface area contributed by atoms with Crippen LogP contribution in [0.2, 0.25) is 0 Å². The Hall–Kier alpha value is -2.20. The van der Waals surface area contributed by atoms with Crippen molar-refractivity contribution in [3.8, 4) is 0 Å². The zero-order valence-electron chi connectivity index (χ0n) is 13.4. The number of aromatic nitrogens is 1. The molecule has 0 aliphatic carbocycles. The van der Waals surface area contributed by atoms with Gasteiger partial charge in [0.25, 0.3) is 0 Å². The number of rotatable bonds is 5. The van der Waals surface area contributed by atoms with Crippen molar-refractivity contribution in [2.45, 2.75) is 25.9 Å². The van der Waals surface area contributed by atoms with Crippen molar-refractivity contribution in [2.24, 2.45) is 5.92 Å². The predicted octanol–water partition coefficient (Wildman–Crippen LogP) is 3.21. The topological polar surface area (TPSA) is 42.4 Å². The fourth-order valence-electron chi connectivity index (χ4n) is 3.35. The first-order valence-electron chi connectivity index (χ1n) is 8.14. The van der Waals surface area contributed by atoms with Gasteiger partial charge in [-0.15, -0.1) is 0 Å². The van der Waals surface area contributed by atoms with Crippen molar-refractivity contribution in [1.29, 1.82) is 0 Å². The molecule has 1 fully saturated rings. The normalized spacial score (nSPS) is 21.3. The van der Waals surface area contributed by atoms with E-state index in [0.717, 1.165) is 25.1 Å². The second-order valence-electron chi connectivity index (χ2n) is 5.83. The molecule has 0 radical (unpaired) electrons. The summed E-state index contributed by atoms with van der Waals surface area (Å²) in [7, 11) is 0. The number of pyridine rings is 1. The smallest absolute Gasteiger partial charge is 0.310 e. The van der Waals surface area contributed by atoms with Gasteiger partial charge in [-0.3, -0.25) is 14.7 Å². The molecule has 2 aromatic rings. The van der Waals surface area contributed by atoms with Crippen LogP contribution in [0.5, 0.6) is 0 Å². The minimum atomic E-state index is -0.103. The molecule has 4 nitrogen and oxygen atoms in total. The number of likely N-dealkylation sites (tertiary alicyclic amines) is 1. The first-order valence-corrected chi connectivity index (χ1v) is 8.14. The van der Waals surface area contributed by atoms with Gasteiger partial charge >= 0.3 is 5.97 Å². The monoisotopic (exact) mass is 310 g/mol. The van der Waals surface area contributed by atoms with E-state index in [1.165, 1.54) is 5.56 Å². The quantitative estimate of drug-likeness (QED) is 0.795. The summed E-state index contributed by atoms with van der Waals surface area (Å²) in [6.45, 7) is 3.97. The standard InChI is InChI=1S/C19H22N2O2/c1-2-23-19(22)17-10-12-21(14-15-7-6-11-20-13-15)18(17)16-8-4-3-5-9-16/h3-9,11,13,17-18H,2,10,12,14H2,1H3. The fourth-order valence-corrected chi connectivity index (χ4v) is 3.35. The Bertz CT molecular complexity index is 630. The van der Waals surface area contributed by atoms with E-state index in [1.54, 1.807) is 6.20 Å². The van der Waals surface area contributed by atoms with E-state index in [0.29, 0.717) is 6.61 Å². The third-order valence-electron chi connectivity index (χ3n) is 4.34. The SMILES string of the molecule is CCOC(=O)C1CCN(Cc2cccnc2)C1c1ccccc1. The molecule has 0 bridgehead atoms. The maximum atomic E-state index is 12.4. The summed E-state index contributed by atoms with van der Waals surface area (Å²) in [6, 6.07) is 14.3. The summed E-state index contributed by atoms with van der Waals surface area (Å²) >= 11 is 0. The summed E-state index contributed by atoms with van der Waals surface area (Å²) in [6.07, 6.45) is 4.50. The van der Waals surface area contributed by atoms with Crippen molar-refractivity contribution >= 4 is 5.97 Å². The Morgan fingerprint density at radius 2 is 2.09 bits per heavy atom. The fraction of sp³-hybridized carbons (Fsp3) is 0.368. The molecule has 4 heteroatoms. The van der Waals surface area contributed by atoms with E-state index in [2.05, 4.69) is 28.1 Å². The molecule has 0 saturated carbocycles. The lowest BCUT2D eigenvalue weighted by Gasteiger charge is -2.27. The Morgan fingerprint density at radius 3 is 2.78 bits per heavy atom. The average Bonchev–Trinajstić information content (AvgIpc) is 3.00. The van der Waals surface area contributed by atoms with E-state index in [4.69, 9.17) is 4.74 Å². The van der Waals surface area contributed by atoms with Gasteiger partial charge in [0.05, 0.1) is 12.5 Å². The molecule has 0 spiro atoms. The van der Waals surface area contributed by atoms with Crippen LogP contribution in [0.1, 0.15) is 30.5 Å². The Morgan fingerprint density at radius 1 is 1.26 bits per heavy atom. The van der Waals surface area contributed by atoms with E-state index in [9.17, 15) is 4.79 Å². The second kappa shape index (κ2) is 7.38. The van der Waals surface area contributed by atoms with Crippen molar-refractivity contribution in [3.63, 3.8) is 0 Å². The molecule has 0 N–H and O–H groups in total. The van der Waals surface area contributed by atoms with E-state index in [-0.39, 0.29) is 17.9 Å². The number of ether oxygens (including phenoxy) is 1. The number of hydrogen-bond acceptors (Lipinski definition) is 4. The van der Waals surface area contributed by atoms with Crippen LogP contribution in [0.25, 0.3) is 0 Å². The maximum Gasteiger partial charge on any atom is 0.310 e. The van der Waals surface area contributed by atoms with Crippen molar-refractivity contribution in [1.82, 2.24) is 9.88 Å². The van der Waals surface area contributed by atoms with Crippen LogP contribution in [0.4, 0.5) is 0 Å².